The van der Waals surface area contributed by atoms with E-state index < -0.39 is 28.6 Å². The van der Waals surface area contributed by atoms with Crippen molar-refractivity contribution >= 4 is 11.7 Å². The molecular formula is C15H12F3NO4. The summed E-state index contributed by atoms with van der Waals surface area (Å²) in [5.74, 6) is -1.19. The standard InChI is InChI=1S/C15H12F3NO4/c1-8-7-9(14(20)21)5-6-10(8)11-3-2-4-12(19(22)23)13(11)15(16,17)18/h2-7,22-23H,1H3,(H,20,21). The molecule has 0 fully saturated rings. The number of carbonyl (C=O) groups is 1. The van der Waals surface area contributed by atoms with Crippen molar-refractivity contribution in [2.45, 2.75) is 13.1 Å². The minimum atomic E-state index is -4.84. The monoisotopic (exact) mass is 327 g/mol. The van der Waals surface area contributed by atoms with Gasteiger partial charge in [0.2, 0.25) is 0 Å². The summed E-state index contributed by atoms with van der Waals surface area (Å²) in [5, 5.41) is 26.4. The fourth-order valence-corrected chi connectivity index (χ4v) is 2.33. The number of carboxylic acid groups (broad SMARTS) is 1. The van der Waals surface area contributed by atoms with Gasteiger partial charge in [-0.3, -0.25) is 10.4 Å². The summed E-state index contributed by atoms with van der Waals surface area (Å²) >= 11 is 0. The highest BCUT2D eigenvalue weighted by Crippen LogP contribution is 2.43. The van der Waals surface area contributed by atoms with E-state index in [1.165, 1.54) is 37.3 Å². The maximum absolute atomic E-state index is 13.4. The molecule has 3 N–H and O–H groups in total. The van der Waals surface area contributed by atoms with Gasteiger partial charge in [-0.15, -0.1) is 5.23 Å². The average molecular weight is 327 g/mol. The normalized spacial score (nSPS) is 11.4. The maximum Gasteiger partial charge on any atom is 0.419 e. The SMILES string of the molecule is Cc1cc(C(=O)O)ccc1-c1cccc(N(O)O)c1C(F)(F)F. The van der Waals surface area contributed by atoms with E-state index in [1.54, 1.807) is 0 Å². The predicted octanol–water partition coefficient (Wildman–Crippen LogP) is 3.96. The van der Waals surface area contributed by atoms with Crippen molar-refractivity contribution in [3.05, 3.63) is 53.1 Å². The predicted molar refractivity (Wildman–Crippen MR) is 74.6 cm³/mol. The number of anilines is 1. The quantitative estimate of drug-likeness (QED) is 0.743. The molecular weight excluding hydrogens is 315 g/mol. The molecule has 5 nitrogen and oxygen atoms in total. The molecule has 0 radical (unpaired) electrons. The first-order valence-electron chi connectivity index (χ1n) is 6.35. The third-order valence-corrected chi connectivity index (χ3v) is 3.30. The lowest BCUT2D eigenvalue weighted by molar-refractivity contribution is -0.138. The van der Waals surface area contributed by atoms with Crippen LogP contribution >= 0.6 is 0 Å². The highest BCUT2D eigenvalue weighted by atomic mass is 19.4. The van der Waals surface area contributed by atoms with Gasteiger partial charge < -0.3 is 5.11 Å². The minimum absolute atomic E-state index is 0.0538. The Kier molecular flexibility index (Phi) is 4.31. The average Bonchev–Trinajstić information content (AvgIpc) is 2.45. The molecule has 2 aromatic carbocycles. The van der Waals surface area contributed by atoms with E-state index in [4.69, 9.17) is 15.5 Å². The largest absolute Gasteiger partial charge is 0.478 e. The van der Waals surface area contributed by atoms with Crippen LogP contribution in [0, 0.1) is 6.92 Å². The molecule has 0 aromatic heterocycles. The highest BCUT2D eigenvalue weighted by molar-refractivity contribution is 5.89. The fraction of sp³-hybridized carbons (Fsp3) is 0.133. The van der Waals surface area contributed by atoms with Gasteiger partial charge >= 0.3 is 12.1 Å². The lowest BCUT2D eigenvalue weighted by Crippen LogP contribution is -2.19. The van der Waals surface area contributed by atoms with E-state index in [1.807, 2.05) is 0 Å². The van der Waals surface area contributed by atoms with E-state index in [9.17, 15) is 18.0 Å². The molecule has 2 aromatic rings. The van der Waals surface area contributed by atoms with Crippen LogP contribution in [-0.2, 0) is 6.18 Å². The molecule has 0 aliphatic heterocycles. The van der Waals surface area contributed by atoms with Crippen LogP contribution in [0.4, 0.5) is 18.9 Å². The van der Waals surface area contributed by atoms with Gasteiger partial charge in [0.15, 0.2) is 0 Å². The molecule has 0 aliphatic rings. The molecule has 23 heavy (non-hydrogen) atoms. The van der Waals surface area contributed by atoms with Crippen LogP contribution in [0.1, 0.15) is 21.5 Å². The Balaban J connectivity index is 2.74. The number of aryl methyl sites for hydroxylation is 1. The molecule has 122 valence electrons. The van der Waals surface area contributed by atoms with Crippen molar-refractivity contribution in [1.29, 1.82) is 0 Å². The summed E-state index contributed by atoms with van der Waals surface area (Å²) in [6.45, 7) is 1.48. The number of hydrogen-bond acceptors (Lipinski definition) is 4. The van der Waals surface area contributed by atoms with Gasteiger partial charge in [0.05, 0.1) is 11.1 Å². The van der Waals surface area contributed by atoms with Crippen LogP contribution in [0.3, 0.4) is 0 Å². The number of benzene rings is 2. The molecule has 0 saturated heterocycles. The number of halogens is 3. The minimum Gasteiger partial charge on any atom is -0.478 e. The van der Waals surface area contributed by atoms with Gasteiger partial charge in [-0.25, -0.2) is 4.79 Å². The van der Waals surface area contributed by atoms with Crippen LogP contribution in [0.5, 0.6) is 0 Å². The molecule has 0 heterocycles. The van der Waals surface area contributed by atoms with E-state index in [-0.39, 0.29) is 16.7 Å². The molecule has 0 atom stereocenters. The Morgan fingerprint density at radius 1 is 1.09 bits per heavy atom. The van der Waals surface area contributed by atoms with Crippen LogP contribution in [-0.4, -0.2) is 21.5 Å². The Labute approximate surface area is 128 Å². The van der Waals surface area contributed by atoms with Crippen molar-refractivity contribution < 1.29 is 33.5 Å². The molecule has 0 bridgehead atoms. The Morgan fingerprint density at radius 2 is 1.74 bits per heavy atom. The van der Waals surface area contributed by atoms with Crippen molar-refractivity contribution in [3.63, 3.8) is 0 Å². The Bertz CT molecular complexity index is 757. The van der Waals surface area contributed by atoms with Crippen LogP contribution < -0.4 is 5.23 Å². The summed E-state index contributed by atoms with van der Waals surface area (Å²) in [7, 11) is 0. The summed E-state index contributed by atoms with van der Waals surface area (Å²) in [6.07, 6.45) is -4.84. The van der Waals surface area contributed by atoms with Crippen molar-refractivity contribution in [2.24, 2.45) is 0 Å². The van der Waals surface area contributed by atoms with Crippen molar-refractivity contribution in [1.82, 2.24) is 0 Å². The third kappa shape index (κ3) is 3.27. The second kappa shape index (κ2) is 5.90. The van der Waals surface area contributed by atoms with Gasteiger partial charge in [0, 0.05) is 0 Å². The first-order chi connectivity index (χ1) is 10.6. The van der Waals surface area contributed by atoms with Gasteiger partial charge in [-0.2, -0.15) is 13.2 Å². The Hall–Kier alpha value is -2.58. The van der Waals surface area contributed by atoms with E-state index in [0.717, 1.165) is 6.07 Å². The molecule has 0 spiro atoms. The second-order valence-corrected chi connectivity index (χ2v) is 4.82. The number of hydrogen-bond donors (Lipinski definition) is 3. The number of nitrogens with zero attached hydrogens (tertiary/aromatic N) is 1. The molecule has 0 amide bonds. The van der Waals surface area contributed by atoms with Gasteiger partial charge in [0.1, 0.15) is 5.69 Å². The van der Waals surface area contributed by atoms with Gasteiger partial charge in [0.25, 0.3) is 0 Å². The summed E-state index contributed by atoms with van der Waals surface area (Å²) in [5.41, 5.74) is -1.92. The lowest BCUT2D eigenvalue weighted by atomic mass is 9.93. The number of alkyl halides is 3. The van der Waals surface area contributed by atoms with Crippen molar-refractivity contribution in [3.8, 4) is 11.1 Å². The summed E-state index contributed by atoms with van der Waals surface area (Å²) in [6, 6.07) is 7.02. The van der Waals surface area contributed by atoms with Crippen LogP contribution in [0.2, 0.25) is 0 Å². The first kappa shape index (κ1) is 16.8. The lowest BCUT2D eigenvalue weighted by Gasteiger charge is -2.20. The molecule has 2 rings (SSSR count). The molecule has 8 heteroatoms. The zero-order chi connectivity index (χ0) is 17.4. The second-order valence-electron chi connectivity index (χ2n) is 4.82. The molecule has 0 aliphatic carbocycles. The molecule has 0 unspecified atom stereocenters. The number of carboxylic acids is 1. The van der Waals surface area contributed by atoms with Gasteiger partial charge in [-0.1, -0.05) is 18.2 Å². The van der Waals surface area contributed by atoms with Crippen LogP contribution in [0.15, 0.2) is 36.4 Å². The maximum atomic E-state index is 13.4. The zero-order valence-electron chi connectivity index (χ0n) is 11.8. The summed E-state index contributed by atoms with van der Waals surface area (Å²) in [4.78, 5) is 10.9. The van der Waals surface area contributed by atoms with Crippen LogP contribution in [0.25, 0.3) is 11.1 Å². The number of aromatic carboxylic acids is 1. The number of rotatable bonds is 3. The smallest absolute Gasteiger partial charge is 0.419 e. The van der Waals surface area contributed by atoms with Crippen molar-refractivity contribution in [2.75, 3.05) is 5.23 Å². The fourth-order valence-electron chi connectivity index (χ4n) is 2.33. The topological polar surface area (TPSA) is 81.0 Å². The van der Waals surface area contributed by atoms with E-state index in [2.05, 4.69) is 0 Å². The summed E-state index contributed by atoms with van der Waals surface area (Å²) < 4.78 is 40.1. The molecule has 0 saturated carbocycles. The van der Waals surface area contributed by atoms with Gasteiger partial charge in [-0.05, 0) is 41.8 Å². The third-order valence-electron chi connectivity index (χ3n) is 3.30. The Morgan fingerprint density at radius 3 is 2.22 bits per heavy atom. The van der Waals surface area contributed by atoms with E-state index in [0.29, 0.717) is 5.56 Å². The van der Waals surface area contributed by atoms with E-state index >= 15 is 0 Å². The highest BCUT2D eigenvalue weighted by Gasteiger charge is 2.38. The zero-order valence-corrected chi connectivity index (χ0v) is 11.8. The first-order valence-corrected chi connectivity index (χ1v) is 6.35.